The lowest BCUT2D eigenvalue weighted by Crippen LogP contribution is -2.16. The van der Waals surface area contributed by atoms with Gasteiger partial charge in [0.25, 0.3) is 5.91 Å². The molecule has 0 unspecified atom stereocenters. The van der Waals surface area contributed by atoms with Crippen molar-refractivity contribution in [3.05, 3.63) is 73.2 Å². The number of amides is 1. The Labute approximate surface area is 199 Å². The van der Waals surface area contributed by atoms with Crippen molar-refractivity contribution in [2.45, 2.75) is 46.2 Å². The number of carbonyl (C=O) groups excluding carboxylic acids is 1. The van der Waals surface area contributed by atoms with Crippen LogP contribution in [-0.4, -0.2) is 16.7 Å². The molecule has 1 aromatic carbocycles. The molecular weight excluding hydrogens is 471 g/mol. The molecule has 2 heterocycles. The highest BCUT2D eigenvalue weighted by molar-refractivity contribution is 7.14. The van der Waals surface area contributed by atoms with Gasteiger partial charge in [-0.1, -0.05) is 18.5 Å². The molecule has 33 heavy (non-hydrogen) atoms. The predicted molar refractivity (Wildman–Crippen MR) is 126 cm³/mol. The van der Waals surface area contributed by atoms with E-state index in [1.165, 1.54) is 34.1 Å². The van der Waals surface area contributed by atoms with Gasteiger partial charge >= 0.3 is 6.18 Å². The second kappa shape index (κ2) is 8.99. The van der Waals surface area contributed by atoms with Crippen molar-refractivity contribution in [3.8, 4) is 5.69 Å². The van der Waals surface area contributed by atoms with Crippen LogP contribution in [0.15, 0.2) is 35.4 Å². The summed E-state index contributed by atoms with van der Waals surface area (Å²) in [5, 5.41) is 3.74. The lowest BCUT2D eigenvalue weighted by atomic mass is 9.90. The van der Waals surface area contributed by atoms with E-state index in [1.54, 1.807) is 30.5 Å². The largest absolute Gasteiger partial charge is 0.417 e. The number of aryl methyl sites for hydroxylation is 2. The van der Waals surface area contributed by atoms with Crippen LogP contribution in [0, 0.1) is 19.8 Å². The first-order valence-electron chi connectivity index (χ1n) is 10.6. The van der Waals surface area contributed by atoms with E-state index in [9.17, 15) is 18.0 Å². The van der Waals surface area contributed by atoms with Crippen molar-refractivity contribution in [3.63, 3.8) is 0 Å². The molecule has 0 aliphatic heterocycles. The van der Waals surface area contributed by atoms with E-state index in [-0.39, 0.29) is 10.9 Å². The minimum Gasteiger partial charge on any atom is -0.318 e. The van der Waals surface area contributed by atoms with Gasteiger partial charge in [0.15, 0.2) is 0 Å². The quantitative estimate of drug-likeness (QED) is 0.318. The molecule has 4 nitrogen and oxygen atoms in total. The number of hydrazone groups is 1. The number of hydrogen-bond donors (Lipinski definition) is 1. The van der Waals surface area contributed by atoms with Gasteiger partial charge in [-0.3, -0.25) is 4.79 Å². The van der Waals surface area contributed by atoms with E-state index in [1.807, 2.05) is 6.07 Å². The minimum atomic E-state index is -4.55. The lowest BCUT2D eigenvalue weighted by molar-refractivity contribution is -0.137. The zero-order valence-electron chi connectivity index (χ0n) is 18.4. The van der Waals surface area contributed by atoms with Gasteiger partial charge in [-0.05, 0) is 74.9 Å². The van der Waals surface area contributed by atoms with Crippen LogP contribution in [0.5, 0.6) is 0 Å². The highest BCUT2D eigenvalue weighted by atomic mass is 35.5. The third-order valence-corrected chi connectivity index (χ3v) is 7.47. The first-order valence-corrected chi connectivity index (χ1v) is 11.7. The lowest BCUT2D eigenvalue weighted by Gasteiger charge is -2.16. The maximum atomic E-state index is 13.3. The maximum Gasteiger partial charge on any atom is 0.417 e. The molecule has 9 heteroatoms. The zero-order valence-corrected chi connectivity index (χ0v) is 20.0. The number of halogens is 4. The van der Waals surface area contributed by atoms with Crippen LogP contribution >= 0.6 is 22.9 Å². The standard InChI is InChI=1S/C24H23ClF3N3OS/c1-13-4-7-21-16(8-13)10-22(33-21)23(32)30-29-12-17-9-14(2)31(15(17)3)18-5-6-20(25)19(11-18)24(26,27)28/h5-6,9-13H,4,7-8H2,1-3H3,(H,30,32)/b29-12-/t13-/m1/s1. The second-order valence-electron chi connectivity index (χ2n) is 8.43. The fraction of sp³-hybridized carbons (Fsp3) is 0.333. The van der Waals surface area contributed by atoms with Crippen molar-refractivity contribution in [2.24, 2.45) is 11.0 Å². The van der Waals surface area contributed by atoms with E-state index in [0.717, 1.165) is 31.0 Å². The first kappa shape index (κ1) is 23.6. The van der Waals surface area contributed by atoms with Crippen LogP contribution in [0.1, 0.15) is 56.0 Å². The molecule has 0 saturated heterocycles. The Kier molecular flexibility index (Phi) is 6.42. The SMILES string of the molecule is Cc1cc(/C=N\NC(=O)c2cc3c(s2)CC[C@@H](C)C3)c(C)n1-c1ccc(Cl)c(C(F)(F)F)c1. The molecule has 0 fully saturated rings. The number of hydrogen-bond acceptors (Lipinski definition) is 3. The van der Waals surface area contributed by atoms with Crippen LogP contribution in [-0.2, 0) is 19.0 Å². The average Bonchev–Trinajstić information content (AvgIpc) is 3.28. The van der Waals surface area contributed by atoms with Gasteiger partial charge in [-0.2, -0.15) is 18.3 Å². The highest BCUT2D eigenvalue weighted by Gasteiger charge is 2.33. The summed E-state index contributed by atoms with van der Waals surface area (Å²) in [7, 11) is 0. The van der Waals surface area contributed by atoms with Gasteiger partial charge in [-0.15, -0.1) is 11.3 Å². The van der Waals surface area contributed by atoms with Gasteiger partial charge in [-0.25, -0.2) is 5.43 Å². The van der Waals surface area contributed by atoms with Crippen molar-refractivity contribution in [1.29, 1.82) is 0 Å². The molecule has 3 aromatic rings. The van der Waals surface area contributed by atoms with E-state index in [0.29, 0.717) is 27.7 Å². The number of fused-ring (bicyclic) bond motifs is 1. The van der Waals surface area contributed by atoms with Crippen molar-refractivity contribution in [2.75, 3.05) is 0 Å². The Bertz CT molecular complexity index is 1240. The van der Waals surface area contributed by atoms with Crippen molar-refractivity contribution >= 4 is 35.1 Å². The molecule has 2 aromatic heterocycles. The minimum absolute atomic E-state index is 0.264. The van der Waals surface area contributed by atoms with Gasteiger partial charge in [0.05, 0.1) is 21.7 Å². The van der Waals surface area contributed by atoms with Crippen molar-refractivity contribution < 1.29 is 18.0 Å². The maximum absolute atomic E-state index is 13.3. The monoisotopic (exact) mass is 493 g/mol. The Balaban J connectivity index is 1.53. The Morgan fingerprint density at radius 3 is 2.76 bits per heavy atom. The van der Waals surface area contributed by atoms with E-state index >= 15 is 0 Å². The van der Waals surface area contributed by atoms with Crippen LogP contribution in [0.4, 0.5) is 13.2 Å². The number of rotatable bonds is 4. The third-order valence-electron chi connectivity index (χ3n) is 5.91. The smallest absolute Gasteiger partial charge is 0.318 e. The molecule has 1 N–H and O–H groups in total. The Morgan fingerprint density at radius 1 is 1.27 bits per heavy atom. The number of thiophene rings is 1. The van der Waals surface area contributed by atoms with E-state index < -0.39 is 11.7 Å². The van der Waals surface area contributed by atoms with Gasteiger partial charge < -0.3 is 4.57 Å². The number of nitrogens with zero attached hydrogens (tertiary/aromatic N) is 2. The summed E-state index contributed by atoms with van der Waals surface area (Å²) < 4.78 is 41.5. The summed E-state index contributed by atoms with van der Waals surface area (Å²) >= 11 is 7.26. The number of aromatic nitrogens is 1. The third kappa shape index (κ3) is 4.87. The van der Waals surface area contributed by atoms with E-state index in [2.05, 4.69) is 17.5 Å². The number of alkyl halides is 3. The number of carbonyl (C=O) groups is 1. The van der Waals surface area contributed by atoms with Crippen LogP contribution < -0.4 is 5.43 Å². The Morgan fingerprint density at radius 2 is 2.03 bits per heavy atom. The van der Waals surface area contributed by atoms with Gasteiger partial charge in [0.1, 0.15) is 0 Å². The second-order valence-corrected chi connectivity index (χ2v) is 9.97. The molecule has 4 rings (SSSR count). The summed E-state index contributed by atoms with van der Waals surface area (Å²) in [5.41, 5.74) is 5.40. The predicted octanol–water partition coefficient (Wildman–Crippen LogP) is 6.72. The van der Waals surface area contributed by atoms with E-state index in [4.69, 9.17) is 11.6 Å². The fourth-order valence-corrected chi connectivity index (χ4v) is 5.54. The molecule has 1 atom stereocenters. The van der Waals surface area contributed by atoms with Crippen LogP contribution in [0.2, 0.25) is 5.02 Å². The van der Waals surface area contributed by atoms with Crippen LogP contribution in [0.3, 0.4) is 0 Å². The summed E-state index contributed by atoms with van der Waals surface area (Å²) in [4.78, 5) is 14.4. The number of nitrogens with one attached hydrogen (secondary N) is 1. The summed E-state index contributed by atoms with van der Waals surface area (Å²) in [6.45, 7) is 5.80. The zero-order chi connectivity index (χ0) is 23.9. The fourth-order valence-electron chi connectivity index (χ4n) is 4.22. The Hall–Kier alpha value is -2.58. The molecule has 1 aliphatic carbocycles. The molecule has 0 bridgehead atoms. The molecule has 0 radical (unpaired) electrons. The molecular formula is C24H23ClF3N3OS. The number of benzene rings is 1. The molecule has 1 aliphatic rings. The summed E-state index contributed by atoms with van der Waals surface area (Å²) in [6, 6.07) is 7.57. The first-order chi connectivity index (χ1) is 15.5. The van der Waals surface area contributed by atoms with Gasteiger partial charge in [0, 0.05) is 27.5 Å². The molecule has 174 valence electrons. The molecule has 0 spiro atoms. The average molecular weight is 494 g/mol. The molecule has 0 saturated carbocycles. The summed E-state index contributed by atoms with van der Waals surface area (Å²) in [6.07, 6.45) is 0.0998. The van der Waals surface area contributed by atoms with Crippen LogP contribution in [0.25, 0.3) is 5.69 Å². The summed E-state index contributed by atoms with van der Waals surface area (Å²) in [5.74, 6) is 0.365. The van der Waals surface area contributed by atoms with Crippen molar-refractivity contribution in [1.82, 2.24) is 9.99 Å². The topological polar surface area (TPSA) is 46.4 Å². The highest BCUT2D eigenvalue weighted by Crippen LogP contribution is 2.36. The normalized spacial score (nSPS) is 16.3. The molecule has 1 amide bonds. The van der Waals surface area contributed by atoms with Gasteiger partial charge in [0.2, 0.25) is 0 Å².